The van der Waals surface area contributed by atoms with Gasteiger partial charge >= 0.3 is 12.0 Å². The van der Waals surface area contributed by atoms with Crippen molar-refractivity contribution < 1.29 is 14.3 Å². The fourth-order valence-electron chi connectivity index (χ4n) is 7.57. The van der Waals surface area contributed by atoms with Crippen LogP contribution in [0.1, 0.15) is 97.3 Å². The van der Waals surface area contributed by atoms with Crippen LogP contribution in [0.2, 0.25) is 0 Å². The number of unbranched alkanes of at least 4 members (excludes halogenated alkanes) is 4. The van der Waals surface area contributed by atoms with Gasteiger partial charge in [0.15, 0.2) is 0 Å². The summed E-state index contributed by atoms with van der Waals surface area (Å²) in [4.78, 5) is 29.8. The molecule has 4 aliphatic carbocycles. The lowest BCUT2D eigenvalue weighted by atomic mass is 9.53. The minimum Gasteiger partial charge on any atom is -0.427 e. The first-order valence-electron chi connectivity index (χ1n) is 15.6. The highest BCUT2D eigenvalue weighted by Gasteiger charge is 2.51. The third kappa shape index (κ3) is 7.43. The molecule has 4 saturated carbocycles. The number of urea groups is 1. The number of benzene rings is 2. The lowest BCUT2D eigenvalue weighted by molar-refractivity contribution is -0.134. The Kier molecular flexibility index (Phi) is 9.77. The molecule has 0 aliphatic heterocycles. The summed E-state index contributed by atoms with van der Waals surface area (Å²) in [6, 6.07) is 16.1. The summed E-state index contributed by atoms with van der Waals surface area (Å²) in [5.41, 5.74) is 0.985. The van der Waals surface area contributed by atoms with Crippen LogP contribution >= 0.6 is 11.8 Å². The van der Waals surface area contributed by atoms with Crippen molar-refractivity contribution in [1.82, 2.24) is 5.32 Å². The first-order chi connectivity index (χ1) is 19.4. The predicted octanol–water partition coefficient (Wildman–Crippen LogP) is 9.00. The zero-order valence-electron chi connectivity index (χ0n) is 24.3. The van der Waals surface area contributed by atoms with Crippen LogP contribution < -0.4 is 15.0 Å². The Bertz CT molecular complexity index is 1100. The Hall–Kier alpha value is -2.47. The first kappa shape index (κ1) is 29.0. The highest BCUT2D eigenvalue weighted by molar-refractivity contribution is 7.99. The van der Waals surface area contributed by atoms with Crippen molar-refractivity contribution in [3.63, 3.8) is 0 Å². The maximum absolute atomic E-state index is 13.8. The van der Waals surface area contributed by atoms with Crippen molar-refractivity contribution in [2.45, 2.75) is 113 Å². The van der Waals surface area contributed by atoms with Gasteiger partial charge in [-0.1, -0.05) is 51.3 Å². The molecular formula is C34H46N2O3S. The molecule has 6 heteroatoms. The van der Waals surface area contributed by atoms with Gasteiger partial charge in [0, 0.05) is 34.0 Å². The maximum Gasteiger partial charge on any atom is 0.322 e. The minimum absolute atomic E-state index is 0.0130. The number of amides is 2. The zero-order valence-corrected chi connectivity index (χ0v) is 25.1. The fourth-order valence-corrected chi connectivity index (χ4v) is 8.39. The van der Waals surface area contributed by atoms with Gasteiger partial charge in [-0.25, -0.2) is 4.79 Å². The van der Waals surface area contributed by atoms with Gasteiger partial charge in [0.1, 0.15) is 5.75 Å². The van der Waals surface area contributed by atoms with Gasteiger partial charge < -0.3 is 10.1 Å². The lowest BCUT2D eigenvalue weighted by Crippen LogP contribution is -2.62. The normalized spacial score (nSPS) is 24.6. The van der Waals surface area contributed by atoms with Crippen LogP contribution in [0.5, 0.6) is 5.75 Å². The van der Waals surface area contributed by atoms with Crippen molar-refractivity contribution in [1.29, 1.82) is 0 Å². The molecule has 4 aliphatic rings. The predicted molar refractivity (Wildman–Crippen MR) is 163 cm³/mol. The molecule has 2 aromatic carbocycles. The van der Waals surface area contributed by atoms with Crippen molar-refractivity contribution in [3.8, 4) is 5.75 Å². The molecule has 40 heavy (non-hydrogen) atoms. The molecule has 1 N–H and O–H groups in total. The molecule has 0 atom stereocenters. The topological polar surface area (TPSA) is 58.6 Å². The summed E-state index contributed by atoms with van der Waals surface area (Å²) in [6.07, 6.45) is 14.7. The van der Waals surface area contributed by atoms with Gasteiger partial charge in [-0.05, 0) is 118 Å². The molecule has 6 rings (SSSR count). The van der Waals surface area contributed by atoms with E-state index in [0.29, 0.717) is 12.2 Å². The van der Waals surface area contributed by atoms with Gasteiger partial charge in [-0.2, -0.15) is 0 Å². The average molecular weight is 563 g/mol. The summed E-state index contributed by atoms with van der Waals surface area (Å²) in [5.74, 6) is 2.81. The second-order valence-corrected chi connectivity index (χ2v) is 13.6. The smallest absolute Gasteiger partial charge is 0.322 e. The van der Waals surface area contributed by atoms with Crippen LogP contribution in [0, 0.1) is 17.8 Å². The largest absolute Gasteiger partial charge is 0.427 e. The van der Waals surface area contributed by atoms with Crippen LogP contribution in [0.3, 0.4) is 0 Å². The number of hydrogen-bond donors (Lipinski definition) is 1. The number of esters is 1. The first-order valence-corrected chi connectivity index (χ1v) is 16.5. The van der Waals surface area contributed by atoms with Crippen LogP contribution in [-0.4, -0.2) is 24.1 Å². The summed E-state index contributed by atoms with van der Waals surface area (Å²) in [5, 5.41) is 3.60. The van der Waals surface area contributed by atoms with E-state index >= 15 is 0 Å². The van der Waals surface area contributed by atoms with E-state index in [1.54, 1.807) is 11.8 Å². The molecule has 216 valence electrons. The molecule has 0 aromatic heterocycles. The summed E-state index contributed by atoms with van der Waals surface area (Å²) in [6.45, 7) is 4.96. The van der Waals surface area contributed by atoms with Crippen molar-refractivity contribution in [2.75, 3.05) is 11.4 Å². The van der Waals surface area contributed by atoms with E-state index in [4.69, 9.17) is 4.74 Å². The Morgan fingerprint density at radius 2 is 1.40 bits per heavy atom. The van der Waals surface area contributed by atoms with E-state index in [9.17, 15) is 9.59 Å². The molecule has 0 spiro atoms. The van der Waals surface area contributed by atoms with E-state index in [-0.39, 0.29) is 17.5 Å². The quantitative estimate of drug-likeness (QED) is 0.150. The Balaban J connectivity index is 1.23. The SMILES string of the molecule is CCCCCCCN(C(=O)NC12CC3CC(CC(C3)C1)C2)c1ccc(Sc2ccc(OC(=O)CCC)cc2)cc1. The van der Waals surface area contributed by atoms with Gasteiger partial charge in [0.25, 0.3) is 0 Å². The van der Waals surface area contributed by atoms with Crippen LogP contribution in [0.4, 0.5) is 10.5 Å². The van der Waals surface area contributed by atoms with E-state index < -0.39 is 0 Å². The van der Waals surface area contributed by atoms with Crippen molar-refractivity contribution in [2.24, 2.45) is 17.8 Å². The second kappa shape index (κ2) is 13.5. The van der Waals surface area contributed by atoms with Gasteiger partial charge in [-0.3, -0.25) is 9.69 Å². The van der Waals surface area contributed by atoms with Crippen LogP contribution in [0.15, 0.2) is 58.3 Å². The van der Waals surface area contributed by atoms with Gasteiger partial charge in [0.2, 0.25) is 0 Å². The number of ether oxygens (including phenoxy) is 1. The summed E-state index contributed by atoms with van der Waals surface area (Å²) < 4.78 is 5.37. The monoisotopic (exact) mass is 562 g/mol. The standard InChI is InChI=1S/C34H46N2O3S/c1-3-5-6-7-8-18-36(33(38)35-34-22-25-19-26(23-34)21-27(20-25)24-34)28-10-14-30(15-11-28)40-31-16-12-29(13-17-31)39-32(37)9-4-2/h10-17,25-27H,3-9,18-24H2,1-2H3,(H,35,38). The van der Waals surface area contributed by atoms with E-state index in [0.717, 1.165) is 59.0 Å². The maximum atomic E-state index is 13.8. The molecular weight excluding hydrogens is 516 g/mol. The third-order valence-corrected chi connectivity index (χ3v) is 10.1. The molecule has 4 fully saturated rings. The summed E-state index contributed by atoms with van der Waals surface area (Å²) >= 11 is 1.67. The lowest BCUT2D eigenvalue weighted by Gasteiger charge is -2.57. The summed E-state index contributed by atoms with van der Waals surface area (Å²) in [7, 11) is 0. The van der Waals surface area contributed by atoms with Crippen molar-refractivity contribution in [3.05, 3.63) is 48.5 Å². The van der Waals surface area contributed by atoms with Crippen LogP contribution in [0.25, 0.3) is 0 Å². The molecule has 0 saturated heterocycles. The van der Waals surface area contributed by atoms with E-state index in [2.05, 4.69) is 36.5 Å². The Morgan fingerprint density at radius 1 is 0.825 bits per heavy atom. The fraction of sp³-hybridized carbons (Fsp3) is 0.588. The number of nitrogens with one attached hydrogen (secondary N) is 1. The number of carbonyl (C=O) groups excluding carboxylic acids is 2. The molecule has 2 aromatic rings. The van der Waals surface area contributed by atoms with E-state index in [1.165, 1.54) is 57.8 Å². The number of hydrogen-bond acceptors (Lipinski definition) is 4. The third-order valence-electron chi connectivity index (χ3n) is 9.03. The zero-order chi connectivity index (χ0) is 28.0. The second-order valence-electron chi connectivity index (χ2n) is 12.5. The van der Waals surface area contributed by atoms with Crippen LogP contribution in [-0.2, 0) is 4.79 Å². The van der Waals surface area contributed by atoms with Gasteiger partial charge in [-0.15, -0.1) is 0 Å². The highest BCUT2D eigenvalue weighted by atomic mass is 32.2. The molecule has 2 amide bonds. The highest BCUT2D eigenvalue weighted by Crippen LogP contribution is 2.55. The molecule has 0 heterocycles. The Labute approximate surface area is 244 Å². The number of carbonyl (C=O) groups is 2. The molecule has 0 unspecified atom stereocenters. The van der Waals surface area contributed by atoms with Crippen molar-refractivity contribution >= 4 is 29.4 Å². The molecule has 4 bridgehead atoms. The Morgan fingerprint density at radius 3 is 1.98 bits per heavy atom. The average Bonchev–Trinajstić information content (AvgIpc) is 2.91. The number of anilines is 1. The number of rotatable bonds is 13. The number of nitrogens with zero attached hydrogens (tertiary/aromatic N) is 1. The molecule has 0 radical (unpaired) electrons. The van der Waals surface area contributed by atoms with Gasteiger partial charge in [0.05, 0.1) is 0 Å². The van der Waals surface area contributed by atoms with E-state index in [1.807, 2.05) is 36.1 Å². The molecule has 5 nitrogen and oxygen atoms in total. The minimum atomic E-state index is -0.194.